The van der Waals surface area contributed by atoms with Gasteiger partial charge in [0.25, 0.3) is 7.82 Å². The number of amides is 1. The van der Waals surface area contributed by atoms with Crippen LogP contribution in [0.2, 0.25) is 0 Å². The standard InChI is InChI=1S/C65H113N2O7P/c1-6-8-10-12-14-16-18-20-21-22-23-24-25-26-27-28-29-30-31-32-33-34-35-36-37-38-39-40-41-42-43-44-45-46-48-50-52-54-56-58-64(69)66-62(61-74-75(71,72)73-60-59-67(3,4)5)65(70)63(68)57-55-53-51-49-47-19-17-15-13-11-9-7-2/h8,10,14,16,20-21,23-24,26-27,29-30,32-33,35-36,38-39,41-42,62-63,65,68,70H,6-7,9,11-13,15,17-19,22,25,28,31,34,37,40,43-61H2,1-5H3,(H-,66,69,71,72)/b10-8-,16-14-,21-20-,24-23-,27-26-,30-29-,33-32-,36-35-,39-38-,42-41-. The van der Waals surface area contributed by atoms with E-state index in [1.54, 1.807) is 0 Å². The molecule has 0 aliphatic heterocycles. The van der Waals surface area contributed by atoms with Crippen LogP contribution in [0.1, 0.15) is 226 Å². The van der Waals surface area contributed by atoms with Crippen LogP contribution < -0.4 is 10.2 Å². The number of aliphatic hydroxyl groups is 2. The molecule has 0 rings (SSSR count). The third kappa shape index (κ3) is 55.4. The number of quaternary nitrogens is 1. The van der Waals surface area contributed by atoms with Gasteiger partial charge >= 0.3 is 0 Å². The number of nitrogens with zero attached hydrogens (tertiary/aromatic N) is 1. The number of hydrogen-bond acceptors (Lipinski definition) is 7. The van der Waals surface area contributed by atoms with Crippen molar-refractivity contribution in [2.45, 2.75) is 244 Å². The van der Waals surface area contributed by atoms with Gasteiger partial charge in [0.05, 0.1) is 39.9 Å². The molecule has 3 N–H and O–H groups in total. The number of phosphoric ester groups is 1. The van der Waals surface area contributed by atoms with Gasteiger partial charge in [-0.3, -0.25) is 9.36 Å². The molecule has 0 spiro atoms. The molecule has 1 amide bonds. The second kappa shape index (κ2) is 54.2. The highest BCUT2D eigenvalue weighted by molar-refractivity contribution is 7.45. The highest BCUT2D eigenvalue weighted by Crippen LogP contribution is 2.38. The number of rotatable bonds is 53. The molecule has 0 aromatic rings. The predicted molar refractivity (Wildman–Crippen MR) is 321 cm³/mol. The fourth-order valence-corrected chi connectivity index (χ4v) is 8.83. The predicted octanol–water partition coefficient (Wildman–Crippen LogP) is 16.9. The maximum absolute atomic E-state index is 13.0. The Labute approximate surface area is 461 Å². The van der Waals surface area contributed by atoms with Crippen LogP contribution in [0.25, 0.3) is 0 Å². The van der Waals surface area contributed by atoms with Crippen LogP contribution >= 0.6 is 7.82 Å². The Bertz CT molecular complexity index is 1650. The lowest BCUT2D eigenvalue weighted by Gasteiger charge is -2.31. The SMILES string of the molecule is CC/C=C\C/C=C\C/C=C\C/C=C\C/C=C\C/C=C\C/C=C\C/C=C\C/C=C\C/C=C\CCCCCCCCCCC(=O)NC(COP(=O)([O-])OCC[N+](C)(C)C)C(O)C(O)CCCCCCCCCCCCCC. The quantitative estimate of drug-likeness (QED) is 0.0240. The van der Waals surface area contributed by atoms with Gasteiger partial charge in [0.15, 0.2) is 0 Å². The Balaban J connectivity index is 4.17. The zero-order chi connectivity index (χ0) is 55.0. The van der Waals surface area contributed by atoms with E-state index in [4.69, 9.17) is 9.05 Å². The zero-order valence-electron chi connectivity index (χ0n) is 48.6. The van der Waals surface area contributed by atoms with Crippen molar-refractivity contribution in [1.29, 1.82) is 0 Å². The molecule has 0 aromatic heterocycles. The summed E-state index contributed by atoms with van der Waals surface area (Å²) in [7, 11) is 1.10. The lowest BCUT2D eigenvalue weighted by Crippen LogP contribution is -2.51. The summed E-state index contributed by atoms with van der Waals surface area (Å²) >= 11 is 0. The van der Waals surface area contributed by atoms with Crippen LogP contribution in [0.15, 0.2) is 122 Å². The topological polar surface area (TPSA) is 128 Å². The summed E-state index contributed by atoms with van der Waals surface area (Å²) in [6.07, 6.45) is 76.9. The van der Waals surface area contributed by atoms with E-state index in [0.29, 0.717) is 23.9 Å². The van der Waals surface area contributed by atoms with Gasteiger partial charge in [-0.1, -0.05) is 251 Å². The summed E-state index contributed by atoms with van der Waals surface area (Å²) in [6.45, 7) is 4.30. The van der Waals surface area contributed by atoms with E-state index in [-0.39, 0.29) is 18.9 Å². The largest absolute Gasteiger partial charge is 0.756 e. The molecule has 0 aliphatic rings. The van der Waals surface area contributed by atoms with Crippen LogP contribution in [0.4, 0.5) is 0 Å². The molecule has 0 fully saturated rings. The van der Waals surface area contributed by atoms with Gasteiger partial charge in [-0.05, 0) is 89.9 Å². The molecule has 10 heteroatoms. The van der Waals surface area contributed by atoms with E-state index in [1.807, 2.05) is 21.1 Å². The molecule has 4 atom stereocenters. The van der Waals surface area contributed by atoms with Crippen molar-refractivity contribution in [2.24, 2.45) is 0 Å². The summed E-state index contributed by atoms with van der Waals surface area (Å²) in [6, 6.07) is -1.09. The summed E-state index contributed by atoms with van der Waals surface area (Å²) in [5.41, 5.74) is 0. The molecule has 430 valence electrons. The van der Waals surface area contributed by atoms with E-state index in [0.717, 1.165) is 116 Å². The monoisotopic (exact) mass is 1060 g/mol. The average molecular weight is 1070 g/mol. The molecule has 0 heterocycles. The van der Waals surface area contributed by atoms with Crippen molar-refractivity contribution in [3.8, 4) is 0 Å². The van der Waals surface area contributed by atoms with E-state index in [1.165, 1.54) is 77.0 Å². The number of phosphoric acid groups is 1. The number of aliphatic hydroxyl groups excluding tert-OH is 2. The third-order valence-corrected chi connectivity index (χ3v) is 13.8. The molecule has 0 aromatic carbocycles. The van der Waals surface area contributed by atoms with Crippen LogP contribution in [-0.2, 0) is 18.4 Å². The number of nitrogens with one attached hydrogen (secondary N) is 1. The van der Waals surface area contributed by atoms with Crippen molar-refractivity contribution in [3.63, 3.8) is 0 Å². The average Bonchev–Trinajstić information content (AvgIpc) is 3.37. The van der Waals surface area contributed by atoms with Gasteiger partial charge < -0.3 is 34.0 Å². The molecule has 0 bridgehead atoms. The minimum absolute atomic E-state index is 0.0480. The van der Waals surface area contributed by atoms with E-state index < -0.39 is 32.7 Å². The number of carbonyl (C=O) groups is 1. The van der Waals surface area contributed by atoms with Crippen LogP contribution in [-0.4, -0.2) is 79.8 Å². The van der Waals surface area contributed by atoms with Crippen LogP contribution in [0.5, 0.6) is 0 Å². The van der Waals surface area contributed by atoms with Gasteiger partial charge in [-0.2, -0.15) is 0 Å². The van der Waals surface area contributed by atoms with Crippen LogP contribution in [0.3, 0.4) is 0 Å². The molecule has 0 saturated heterocycles. The summed E-state index contributed by atoms with van der Waals surface area (Å²) in [5, 5.41) is 24.7. The second-order valence-electron chi connectivity index (χ2n) is 21.1. The van der Waals surface area contributed by atoms with E-state index >= 15 is 0 Å². The number of likely N-dealkylation sites (N-methyl/N-ethyl adjacent to an activating group) is 1. The minimum atomic E-state index is -4.68. The first-order chi connectivity index (χ1) is 36.4. The highest BCUT2D eigenvalue weighted by Gasteiger charge is 2.29. The van der Waals surface area contributed by atoms with Gasteiger partial charge in [0, 0.05) is 6.42 Å². The number of carbonyl (C=O) groups excluding carboxylic acids is 1. The molecule has 0 saturated carbocycles. The Morgan fingerprint density at radius 3 is 1.23 bits per heavy atom. The summed E-state index contributed by atoms with van der Waals surface area (Å²) < 4.78 is 23.3. The lowest BCUT2D eigenvalue weighted by atomic mass is 9.99. The van der Waals surface area contributed by atoms with Gasteiger partial charge in [-0.15, -0.1) is 0 Å². The van der Waals surface area contributed by atoms with Crippen molar-refractivity contribution >= 4 is 13.7 Å². The smallest absolute Gasteiger partial charge is 0.268 e. The van der Waals surface area contributed by atoms with E-state index in [2.05, 4.69) is 141 Å². The van der Waals surface area contributed by atoms with E-state index in [9.17, 15) is 24.5 Å². The number of unbranched alkanes of at least 4 members (excludes halogenated alkanes) is 19. The molecule has 9 nitrogen and oxygen atoms in total. The van der Waals surface area contributed by atoms with Gasteiger partial charge in [0.1, 0.15) is 19.3 Å². The van der Waals surface area contributed by atoms with Gasteiger partial charge in [0.2, 0.25) is 5.91 Å². The fourth-order valence-electron chi connectivity index (χ4n) is 8.11. The first kappa shape index (κ1) is 71.9. The second-order valence-corrected chi connectivity index (χ2v) is 22.5. The third-order valence-electron chi connectivity index (χ3n) is 12.8. The van der Waals surface area contributed by atoms with Crippen LogP contribution in [0, 0.1) is 0 Å². The Morgan fingerprint density at radius 2 is 0.840 bits per heavy atom. The highest BCUT2D eigenvalue weighted by atomic mass is 31.2. The first-order valence-corrected chi connectivity index (χ1v) is 31.4. The zero-order valence-corrected chi connectivity index (χ0v) is 49.5. The Hall–Kier alpha value is -3.14. The molecule has 4 unspecified atom stereocenters. The summed E-state index contributed by atoms with van der Waals surface area (Å²) in [5.74, 6) is -0.292. The summed E-state index contributed by atoms with van der Waals surface area (Å²) in [4.78, 5) is 25.5. The number of hydrogen-bond donors (Lipinski definition) is 3. The van der Waals surface area contributed by atoms with Crippen molar-refractivity contribution in [3.05, 3.63) is 122 Å². The molecule has 75 heavy (non-hydrogen) atoms. The van der Waals surface area contributed by atoms with Gasteiger partial charge in [-0.25, -0.2) is 0 Å². The first-order valence-electron chi connectivity index (χ1n) is 30.0. The maximum atomic E-state index is 13.0. The Morgan fingerprint density at radius 1 is 0.493 bits per heavy atom. The Kier molecular flexibility index (Phi) is 52.0. The molecule has 0 aliphatic carbocycles. The molecular weight excluding hydrogens is 952 g/mol. The lowest BCUT2D eigenvalue weighted by molar-refractivity contribution is -0.870. The maximum Gasteiger partial charge on any atom is 0.268 e. The van der Waals surface area contributed by atoms with Crippen molar-refractivity contribution < 1.29 is 38.0 Å². The molecule has 0 radical (unpaired) electrons. The fraction of sp³-hybridized carbons (Fsp3) is 0.677. The molecular formula is C65H113N2O7P. The van der Waals surface area contributed by atoms with Crippen molar-refractivity contribution in [1.82, 2.24) is 5.32 Å². The van der Waals surface area contributed by atoms with Crippen molar-refractivity contribution in [2.75, 3.05) is 40.9 Å². The minimum Gasteiger partial charge on any atom is -0.756 e. The number of allylic oxidation sites excluding steroid dienone is 20. The normalized spacial score (nSPS) is 15.1.